The van der Waals surface area contributed by atoms with E-state index < -0.39 is 5.41 Å². The Labute approximate surface area is 135 Å². The summed E-state index contributed by atoms with van der Waals surface area (Å²) in [6, 6.07) is 15.6. The van der Waals surface area contributed by atoms with E-state index in [2.05, 4.69) is 17.4 Å². The number of carbonyl (C=O) groups excluding carboxylic acids is 1. The molecule has 23 heavy (non-hydrogen) atoms. The first kappa shape index (κ1) is 14.1. The Morgan fingerprint density at radius 1 is 0.957 bits per heavy atom. The van der Waals surface area contributed by atoms with Gasteiger partial charge in [0.15, 0.2) is 11.5 Å². The van der Waals surface area contributed by atoms with E-state index in [1.54, 1.807) is 0 Å². The summed E-state index contributed by atoms with van der Waals surface area (Å²) in [4.78, 5) is 13.1. The second-order valence-corrected chi connectivity index (χ2v) is 6.18. The van der Waals surface area contributed by atoms with Gasteiger partial charge < -0.3 is 14.8 Å². The Kier molecular flexibility index (Phi) is 3.45. The molecule has 0 bridgehead atoms. The monoisotopic (exact) mass is 309 g/mol. The number of fused-ring (bicyclic) bond motifs is 1. The van der Waals surface area contributed by atoms with Gasteiger partial charge in [0.25, 0.3) is 0 Å². The minimum absolute atomic E-state index is 0.0695. The van der Waals surface area contributed by atoms with Gasteiger partial charge in [0.1, 0.15) is 0 Å². The smallest absolute Gasteiger partial charge is 0.235 e. The van der Waals surface area contributed by atoms with Gasteiger partial charge in [-0.05, 0) is 30.5 Å². The number of benzene rings is 2. The lowest BCUT2D eigenvalue weighted by molar-refractivity contribution is -0.121. The molecule has 0 saturated heterocycles. The lowest BCUT2D eigenvalue weighted by Crippen LogP contribution is -2.37. The first-order valence-electron chi connectivity index (χ1n) is 8.05. The average Bonchev–Trinajstić information content (AvgIpc) is 3.25. The molecular weight excluding hydrogens is 290 g/mol. The zero-order valence-corrected chi connectivity index (χ0v) is 12.9. The highest BCUT2D eigenvalue weighted by molar-refractivity contribution is 5.99. The summed E-state index contributed by atoms with van der Waals surface area (Å²) in [5.41, 5.74) is 1.44. The van der Waals surface area contributed by atoms with E-state index >= 15 is 0 Å². The molecule has 0 aromatic heterocycles. The standard InChI is InChI=1S/C19H19NO3/c21-18(20-15-8-9-16-17(12-15)23-13-22-16)19(10-4-5-11-19)14-6-2-1-3-7-14/h1-3,6-9,12H,4-5,10-11,13H2,(H,20,21). The van der Waals surface area contributed by atoms with Gasteiger partial charge in [-0.15, -0.1) is 0 Å². The van der Waals surface area contributed by atoms with Gasteiger partial charge in [-0.2, -0.15) is 0 Å². The van der Waals surface area contributed by atoms with E-state index in [4.69, 9.17) is 9.47 Å². The summed E-state index contributed by atoms with van der Waals surface area (Å²) in [5.74, 6) is 1.48. The molecule has 118 valence electrons. The molecule has 1 amide bonds. The van der Waals surface area contributed by atoms with E-state index in [0.717, 1.165) is 42.7 Å². The first-order valence-corrected chi connectivity index (χ1v) is 8.05. The minimum atomic E-state index is -0.419. The van der Waals surface area contributed by atoms with Crippen molar-refractivity contribution in [3.05, 3.63) is 54.1 Å². The normalized spacial score (nSPS) is 17.9. The van der Waals surface area contributed by atoms with Crippen LogP contribution in [0, 0.1) is 0 Å². The highest BCUT2D eigenvalue weighted by Gasteiger charge is 2.42. The van der Waals surface area contributed by atoms with Crippen LogP contribution < -0.4 is 14.8 Å². The summed E-state index contributed by atoms with van der Waals surface area (Å²) in [5, 5.41) is 3.08. The minimum Gasteiger partial charge on any atom is -0.454 e. The zero-order valence-electron chi connectivity index (χ0n) is 12.9. The van der Waals surface area contributed by atoms with Crippen LogP contribution in [0.3, 0.4) is 0 Å². The Balaban J connectivity index is 1.61. The SMILES string of the molecule is O=C(Nc1ccc2c(c1)OCO2)C1(c2ccccc2)CCCC1. The molecule has 4 nitrogen and oxygen atoms in total. The van der Waals surface area contributed by atoms with Gasteiger partial charge in [0, 0.05) is 11.8 Å². The summed E-state index contributed by atoms with van der Waals surface area (Å²) >= 11 is 0. The third kappa shape index (κ3) is 2.44. The van der Waals surface area contributed by atoms with Crippen molar-refractivity contribution in [2.45, 2.75) is 31.1 Å². The van der Waals surface area contributed by atoms with Crippen molar-refractivity contribution in [1.82, 2.24) is 0 Å². The fraction of sp³-hybridized carbons (Fsp3) is 0.316. The van der Waals surface area contributed by atoms with Gasteiger partial charge in [-0.3, -0.25) is 4.79 Å². The molecule has 4 rings (SSSR count). The van der Waals surface area contributed by atoms with Crippen LogP contribution in [0.4, 0.5) is 5.69 Å². The highest BCUT2D eigenvalue weighted by Crippen LogP contribution is 2.42. The number of hydrogen-bond donors (Lipinski definition) is 1. The molecule has 1 N–H and O–H groups in total. The first-order chi connectivity index (χ1) is 11.3. The lowest BCUT2D eigenvalue weighted by Gasteiger charge is -2.28. The third-order valence-corrected chi connectivity index (χ3v) is 4.85. The largest absolute Gasteiger partial charge is 0.454 e. The second-order valence-electron chi connectivity index (χ2n) is 6.18. The van der Waals surface area contributed by atoms with E-state index in [-0.39, 0.29) is 12.7 Å². The lowest BCUT2D eigenvalue weighted by atomic mass is 9.78. The third-order valence-electron chi connectivity index (χ3n) is 4.85. The topological polar surface area (TPSA) is 47.6 Å². The van der Waals surface area contributed by atoms with Crippen molar-refractivity contribution >= 4 is 11.6 Å². The Hall–Kier alpha value is -2.49. The van der Waals surface area contributed by atoms with E-state index in [0.29, 0.717) is 5.75 Å². The van der Waals surface area contributed by atoms with Crippen LogP contribution in [-0.2, 0) is 10.2 Å². The Bertz CT molecular complexity index is 721. The van der Waals surface area contributed by atoms with Gasteiger partial charge in [0.05, 0.1) is 5.41 Å². The average molecular weight is 309 g/mol. The van der Waals surface area contributed by atoms with Crippen LogP contribution in [0.1, 0.15) is 31.2 Å². The molecule has 2 aliphatic rings. The van der Waals surface area contributed by atoms with Crippen LogP contribution in [0.25, 0.3) is 0 Å². The molecule has 1 aliphatic carbocycles. The van der Waals surface area contributed by atoms with Crippen LogP contribution in [0.5, 0.6) is 11.5 Å². The van der Waals surface area contributed by atoms with Crippen LogP contribution in [0.2, 0.25) is 0 Å². The summed E-state index contributed by atoms with van der Waals surface area (Å²) in [6.07, 6.45) is 3.97. The number of anilines is 1. The predicted molar refractivity (Wildman–Crippen MR) is 87.8 cm³/mol. The molecule has 2 aromatic rings. The van der Waals surface area contributed by atoms with Gasteiger partial charge >= 0.3 is 0 Å². The Morgan fingerprint density at radius 3 is 2.48 bits per heavy atom. The molecule has 1 saturated carbocycles. The van der Waals surface area contributed by atoms with Gasteiger partial charge in [-0.1, -0.05) is 43.2 Å². The molecular formula is C19H19NO3. The zero-order chi connectivity index (χ0) is 15.7. The molecule has 2 aromatic carbocycles. The van der Waals surface area contributed by atoms with Crippen LogP contribution >= 0.6 is 0 Å². The summed E-state index contributed by atoms with van der Waals surface area (Å²) in [6.45, 7) is 0.237. The number of hydrogen-bond acceptors (Lipinski definition) is 3. The van der Waals surface area contributed by atoms with E-state index in [1.165, 1.54) is 0 Å². The van der Waals surface area contributed by atoms with Crippen molar-refractivity contribution < 1.29 is 14.3 Å². The predicted octanol–water partition coefficient (Wildman–Crippen LogP) is 3.87. The van der Waals surface area contributed by atoms with E-state index in [9.17, 15) is 4.79 Å². The number of ether oxygens (including phenoxy) is 2. The van der Waals surface area contributed by atoms with Crippen molar-refractivity contribution in [1.29, 1.82) is 0 Å². The number of amides is 1. The van der Waals surface area contributed by atoms with Crippen molar-refractivity contribution in [3.8, 4) is 11.5 Å². The maximum atomic E-state index is 13.1. The van der Waals surface area contributed by atoms with Crippen molar-refractivity contribution in [3.63, 3.8) is 0 Å². The molecule has 0 unspecified atom stereocenters. The van der Waals surface area contributed by atoms with E-state index in [1.807, 2.05) is 36.4 Å². The van der Waals surface area contributed by atoms with Crippen LogP contribution in [0.15, 0.2) is 48.5 Å². The van der Waals surface area contributed by atoms with Crippen LogP contribution in [-0.4, -0.2) is 12.7 Å². The van der Waals surface area contributed by atoms with Crippen molar-refractivity contribution in [2.24, 2.45) is 0 Å². The Morgan fingerprint density at radius 2 is 1.70 bits per heavy atom. The fourth-order valence-electron chi connectivity index (χ4n) is 3.61. The summed E-state index contributed by atoms with van der Waals surface area (Å²) in [7, 11) is 0. The molecule has 0 spiro atoms. The molecule has 1 aliphatic heterocycles. The molecule has 4 heteroatoms. The molecule has 0 atom stereocenters. The number of rotatable bonds is 3. The molecule has 1 heterocycles. The number of nitrogens with one attached hydrogen (secondary N) is 1. The maximum Gasteiger partial charge on any atom is 0.235 e. The van der Waals surface area contributed by atoms with Gasteiger partial charge in [-0.25, -0.2) is 0 Å². The number of carbonyl (C=O) groups is 1. The molecule has 1 fully saturated rings. The summed E-state index contributed by atoms with van der Waals surface area (Å²) < 4.78 is 10.7. The quantitative estimate of drug-likeness (QED) is 0.936. The fourth-order valence-corrected chi connectivity index (χ4v) is 3.61. The maximum absolute atomic E-state index is 13.1. The van der Waals surface area contributed by atoms with Crippen molar-refractivity contribution in [2.75, 3.05) is 12.1 Å². The highest BCUT2D eigenvalue weighted by atomic mass is 16.7. The second kappa shape index (κ2) is 5.61. The van der Waals surface area contributed by atoms with Gasteiger partial charge in [0.2, 0.25) is 12.7 Å². The molecule has 0 radical (unpaired) electrons.